The van der Waals surface area contributed by atoms with Crippen LogP contribution in [0.3, 0.4) is 0 Å². The van der Waals surface area contributed by atoms with Crippen LogP contribution in [0.1, 0.15) is 30.0 Å². The van der Waals surface area contributed by atoms with Crippen LogP contribution in [0.2, 0.25) is 0 Å². The second-order valence-corrected chi connectivity index (χ2v) is 6.22. The molecule has 0 fully saturated rings. The van der Waals surface area contributed by atoms with Crippen LogP contribution >= 0.6 is 15.9 Å². The monoisotopic (exact) mass is 349 g/mol. The molecule has 0 saturated carbocycles. The Labute approximate surface area is 132 Å². The predicted molar refractivity (Wildman–Crippen MR) is 86.4 cm³/mol. The lowest BCUT2D eigenvalue weighted by Crippen LogP contribution is -2.12. The summed E-state index contributed by atoms with van der Waals surface area (Å²) in [6.07, 6.45) is 1.86. The Morgan fingerprint density at radius 1 is 1.29 bits per heavy atom. The van der Waals surface area contributed by atoms with Crippen molar-refractivity contribution in [2.45, 2.75) is 25.8 Å². The number of hydrogen-bond donors (Lipinski definition) is 1. The number of para-hydroxylation sites is 1. The fourth-order valence-electron chi connectivity index (χ4n) is 2.69. The van der Waals surface area contributed by atoms with E-state index in [1.54, 1.807) is 6.07 Å². The summed E-state index contributed by atoms with van der Waals surface area (Å²) in [7, 11) is 0. The molecule has 0 saturated heterocycles. The van der Waals surface area contributed by atoms with Crippen LogP contribution in [0, 0.1) is 12.7 Å². The maximum Gasteiger partial charge on any atom is 0.146 e. The average Bonchev–Trinajstić information content (AvgIpc) is 2.65. The third-order valence-corrected chi connectivity index (χ3v) is 4.28. The highest BCUT2D eigenvalue weighted by atomic mass is 79.9. The Kier molecular flexibility index (Phi) is 4.15. The van der Waals surface area contributed by atoms with Gasteiger partial charge in [0.1, 0.15) is 11.6 Å². The molecule has 1 unspecified atom stereocenters. The van der Waals surface area contributed by atoms with Gasteiger partial charge in [0.15, 0.2) is 0 Å². The van der Waals surface area contributed by atoms with E-state index in [9.17, 15) is 4.39 Å². The molecule has 2 aromatic rings. The van der Waals surface area contributed by atoms with Gasteiger partial charge in [-0.1, -0.05) is 34.1 Å². The molecule has 110 valence electrons. The molecule has 0 spiro atoms. The fraction of sp³-hybridized carbons (Fsp3) is 0.294. The van der Waals surface area contributed by atoms with E-state index >= 15 is 0 Å². The molecule has 2 aromatic carbocycles. The van der Waals surface area contributed by atoms with Gasteiger partial charge in [0.25, 0.3) is 0 Å². The first kappa shape index (κ1) is 14.4. The molecule has 0 aromatic heterocycles. The van der Waals surface area contributed by atoms with Gasteiger partial charge < -0.3 is 10.1 Å². The van der Waals surface area contributed by atoms with Crippen LogP contribution < -0.4 is 10.1 Å². The number of fused-ring (bicyclic) bond motifs is 1. The molecule has 0 radical (unpaired) electrons. The number of nitrogens with one attached hydrogen (secondary N) is 1. The molecule has 1 aliphatic heterocycles. The van der Waals surface area contributed by atoms with Crippen LogP contribution in [0.5, 0.6) is 5.75 Å². The standard InChI is InChI=1S/C17H17BrFNO/c1-11-4-2-5-14(19)17(11)20-15-6-3-9-21-16-10-12(18)7-8-13(15)16/h2,4-5,7-8,10,15,20H,3,6,9H2,1H3. The van der Waals surface area contributed by atoms with Crippen LogP contribution in [-0.2, 0) is 0 Å². The smallest absolute Gasteiger partial charge is 0.146 e. The van der Waals surface area contributed by atoms with Crippen molar-refractivity contribution in [2.75, 3.05) is 11.9 Å². The van der Waals surface area contributed by atoms with Gasteiger partial charge in [0.05, 0.1) is 18.3 Å². The predicted octanol–water partition coefficient (Wildman–Crippen LogP) is 5.22. The van der Waals surface area contributed by atoms with Crippen molar-refractivity contribution in [2.24, 2.45) is 0 Å². The van der Waals surface area contributed by atoms with Gasteiger partial charge in [0, 0.05) is 10.0 Å². The lowest BCUT2D eigenvalue weighted by Gasteiger charge is -2.21. The summed E-state index contributed by atoms with van der Waals surface area (Å²) in [5.41, 5.74) is 2.58. The number of benzene rings is 2. The van der Waals surface area contributed by atoms with Crippen molar-refractivity contribution in [3.8, 4) is 5.75 Å². The van der Waals surface area contributed by atoms with Crippen LogP contribution in [-0.4, -0.2) is 6.61 Å². The van der Waals surface area contributed by atoms with E-state index in [1.165, 1.54) is 6.07 Å². The van der Waals surface area contributed by atoms with Crippen molar-refractivity contribution in [1.29, 1.82) is 0 Å². The Morgan fingerprint density at radius 3 is 2.95 bits per heavy atom. The van der Waals surface area contributed by atoms with Gasteiger partial charge in [-0.25, -0.2) is 4.39 Å². The normalized spacial score (nSPS) is 17.6. The van der Waals surface area contributed by atoms with Gasteiger partial charge in [-0.2, -0.15) is 0 Å². The molecular formula is C17H17BrFNO. The Bertz CT molecular complexity index is 639. The van der Waals surface area contributed by atoms with Crippen LogP contribution in [0.4, 0.5) is 10.1 Å². The summed E-state index contributed by atoms with van der Waals surface area (Å²) < 4.78 is 20.8. The topological polar surface area (TPSA) is 21.3 Å². The molecule has 1 N–H and O–H groups in total. The van der Waals surface area contributed by atoms with E-state index < -0.39 is 0 Å². The molecule has 2 nitrogen and oxygen atoms in total. The largest absolute Gasteiger partial charge is 0.493 e. The molecule has 0 bridgehead atoms. The maximum absolute atomic E-state index is 14.0. The van der Waals surface area contributed by atoms with Crippen molar-refractivity contribution in [3.63, 3.8) is 0 Å². The summed E-state index contributed by atoms with van der Waals surface area (Å²) in [5.74, 6) is 0.659. The first-order valence-corrected chi connectivity index (χ1v) is 7.88. The summed E-state index contributed by atoms with van der Waals surface area (Å²) in [6, 6.07) is 11.2. The summed E-state index contributed by atoms with van der Waals surface area (Å²) in [6.45, 7) is 2.61. The molecule has 1 atom stereocenters. The highest BCUT2D eigenvalue weighted by Gasteiger charge is 2.21. The summed E-state index contributed by atoms with van der Waals surface area (Å²) in [4.78, 5) is 0. The van der Waals surface area contributed by atoms with Crippen molar-refractivity contribution >= 4 is 21.6 Å². The highest BCUT2D eigenvalue weighted by Crippen LogP contribution is 2.36. The van der Waals surface area contributed by atoms with Crippen LogP contribution in [0.25, 0.3) is 0 Å². The van der Waals surface area contributed by atoms with Gasteiger partial charge in [-0.3, -0.25) is 0 Å². The van der Waals surface area contributed by atoms with Crippen molar-refractivity contribution in [1.82, 2.24) is 0 Å². The number of ether oxygens (including phenoxy) is 1. The SMILES string of the molecule is Cc1cccc(F)c1NC1CCCOc2cc(Br)ccc21. The third-order valence-electron chi connectivity index (χ3n) is 3.79. The Hall–Kier alpha value is -1.55. The van der Waals surface area contributed by atoms with Gasteiger partial charge in [-0.15, -0.1) is 0 Å². The van der Waals surface area contributed by atoms with E-state index in [0.717, 1.165) is 34.2 Å². The summed E-state index contributed by atoms with van der Waals surface area (Å²) >= 11 is 3.47. The zero-order valence-corrected chi connectivity index (χ0v) is 13.4. The third kappa shape index (κ3) is 3.05. The number of aryl methyl sites for hydroxylation is 1. The van der Waals surface area contributed by atoms with Gasteiger partial charge in [0.2, 0.25) is 0 Å². The molecule has 0 amide bonds. The number of rotatable bonds is 2. The fourth-order valence-corrected chi connectivity index (χ4v) is 3.03. The van der Waals surface area contributed by atoms with Crippen LogP contribution in [0.15, 0.2) is 40.9 Å². The first-order valence-electron chi connectivity index (χ1n) is 7.09. The van der Waals surface area contributed by atoms with E-state index in [1.807, 2.05) is 31.2 Å². The molecule has 1 heterocycles. The molecular weight excluding hydrogens is 333 g/mol. The molecule has 21 heavy (non-hydrogen) atoms. The van der Waals surface area contributed by atoms with Crippen molar-refractivity contribution in [3.05, 3.63) is 57.8 Å². The Balaban J connectivity index is 1.96. The van der Waals surface area contributed by atoms with Gasteiger partial charge in [-0.05, 0) is 43.5 Å². The minimum absolute atomic E-state index is 0.0613. The lowest BCUT2D eigenvalue weighted by atomic mass is 10.0. The number of hydrogen-bond acceptors (Lipinski definition) is 2. The zero-order valence-electron chi connectivity index (χ0n) is 11.8. The molecule has 4 heteroatoms. The van der Waals surface area contributed by atoms with Crippen molar-refractivity contribution < 1.29 is 9.13 Å². The summed E-state index contributed by atoms with van der Waals surface area (Å²) in [5, 5.41) is 3.36. The second-order valence-electron chi connectivity index (χ2n) is 5.30. The van der Waals surface area contributed by atoms with E-state index in [2.05, 4.69) is 21.2 Å². The van der Waals surface area contributed by atoms with Gasteiger partial charge >= 0.3 is 0 Å². The lowest BCUT2D eigenvalue weighted by molar-refractivity contribution is 0.316. The first-order chi connectivity index (χ1) is 10.1. The quantitative estimate of drug-likeness (QED) is 0.802. The highest BCUT2D eigenvalue weighted by molar-refractivity contribution is 9.10. The molecule has 1 aliphatic rings. The average molecular weight is 350 g/mol. The minimum atomic E-state index is -0.209. The zero-order chi connectivity index (χ0) is 14.8. The van der Waals surface area contributed by atoms with E-state index in [4.69, 9.17) is 4.74 Å². The minimum Gasteiger partial charge on any atom is -0.493 e. The van der Waals surface area contributed by atoms with E-state index in [-0.39, 0.29) is 11.9 Å². The van der Waals surface area contributed by atoms with E-state index in [0.29, 0.717) is 12.3 Å². The maximum atomic E-state index is 14.0. The number of halogens is 2. The molecule has 3 rings (SSSR count). The number of anilines is 1. The Morgan fingerprint density at radius 2 is 2.14 bits per heavy atom. The second kappa shape index (κ2) is 6.06. The molecule has 0 aliphatic carbocycles.